The Labute approximate surface area is 172 Å². The van der Waals surface area contributed by atoms with Crippen LogP contribution in [-0.2, 0) is 6.54 Å². The Hall–Kier alpha value is -2.44. The molecule has 5 nitrogen and oxygen atoms in total. The Morgan fingerprint density at radius 2 is 1.93 bits per heavy atom. The molecule has 0 unspecified atom stereocenters. The molecule has 1 N–H and O–H groups in total. The second-order valence-electron chi connectivity index (χ2n) is 7.01. The summed E-state index contributed by atoms with van der Waals surface area (Å²) in [6, 6.07) is 13.2. The van der Waals surface area contributed by atoms with Crippen molar-refractivity contribution >= 4 is 38.4 Å². The van der Waals surface area contributed by atoms with Gasteiger partial charge in [-0.15, -0.1) is 0 Å². The number of hydrogen-bond donors (Lipinski definition) is 1. The number of hydrogen-bond acceptors (Lipinski definition) is 4. The molecule has 28 heavy (non-hydrogen) atoms. The average Bonchev–Trinajstić information content (AvgIpc) is 3.21. The molecule has 6 heteroatoms. The van der Waals surface area contributed by atoms with Crippen molar-refractivity contribution in [2.45, 2.75) is 19.4 Å². The molecule has 0 saturated carbocycles. The third-order valence-electron chi connectivity index (χ3n) is 5.03. The lowest BCUT2D eigenvalue weighted by atomic mass is 10.1. The van der Waals surface area contributed by atoms with Gasteiger partial charge in [0, 0.05) is 28.2 Å². The molecule has 1 saturated heterocycles. The van der Waals surface area contributed by atoms with Gasteiger partial charge in [-0.1, -0.05) is 22.0 Å². The fourth-order valence-corrected chi connectivity index (χ4v) is 3.87. The summed E-state index contributed by atoms with van der Waals surface area (Å²) in [5.41, 5.74) is 3.14. The first-order valence-corrected chi connectivity index (χ1v) is 10.2. The Morgan fingerprint density at radius 3 is 2.64 bits per heavy atom. The van der Waals surface area contributed by atoms with Crippen LogP contribution in [0.15, 0.2) is 53.1 Å². The monoisotopic (exact) mass is 439 g/mol. The number of rotatable bonds is 5. The largest absolute Gasteiger partial charge is 0.492 e. The summed E-state index contributed by atoms with van der Waals surface area (Å²) >= 11 is 3.38. The number of benzene rings is 2. The molecule has 0 spiro atoms. The maximum Gasteiger partial charge on any atom is 0.255 e. The van der Waals surface area contributed by atoms with Gasteiger partial charge in [0.1, 0.15) is 5.52 Å². The Bertz CT molecular complexity index is 999. The predicted octanol–water partition coefficient (Wildman–Crippen LogP) is 4.85. The molecule has 2 aromatic carbocycles. The van der Waals surface area contributed by atoms with E-state index in [4.69, 9.17) is 4.74 Å². The number of carbonyl (C=O) groups excluding carboxylic acids is 1. The maximum atomic E-state index is 12.6. The average molecular weight is 440 g/mol. The first kappa shape index (κ1) is 18.9. The van der Waals surface area contributed by atoms with E-state index in [-0.39, 0.29) is 5.91 Å². The quantitative estimate of drug-likeness (QED) is 0.616. The van der Waals surface area contributed by atoms with Crippen molar-refractivity contribution in [3.05, 3.63) is 64.3 Å². The highest BCUT2D eigenvalue weighted by Gasteiger charge is 2.16. The van der Waals surface area contributed by atoms with E-state index in [0.29, 0.717) is 17.0 Å². The second kappa shape index (κ2) is 8.29. The van der Waals surface area contributed by atoms with Crippen LogP contribution >= 0.6 is 15.9 Å². The lowest BCUT2D eigenvalue weighted by Crippen LogP contribution is -2.18. The van der Waals surface area contributed by atoms with E-state index in [0.717, 1.165) is 35.0 Å². The second-order valence-corrected chi connectivity index (χ2v) is 7.92. The van der Waals surface area contributed by atoms with Gasteiger partial charge < -0.3 is 10.1 Å². The number of nitrogens with one attached hydrogen (secondary N) is 1. The van der Waals surface area contributed by atoms with Crippen LogP contribution in [0.25, 0.3) is 10.9 Å². The van der Waals surface area contributed by atoms with Crippen LogP contribution in [0.4, 0.5) is 5.69 Å². The molecule has 1 aliphatic rings. The molecule has 4 rings (SSSR count). The molecule has 2 heterocycles. The molecule has 3 aromatic rings. The van der Waals surface area contributed by atoms with Gasteiger partial charge in [-0.05, 0) is 67.9 Å². The number of nitrogens with zero attached hydrogens (tertiary/aromatic N) is 2. The zero-order valence-electron chi connectivity index (χ0n) is 15.7. The molecule has 1 aromatic heterocycles. The van der Waals surface area contributed by atoms with Crippen molar-refractivity contribution in [2.75, 3.05) is 25.5 Å². The smallest absolute Gasteiger partial charge is 0.255 e. The fourth-order valence-electron chi connectivity index (χ4n) is 3.61. The molecule has 1 amide bonds. The van der Waals surface area contributed by atoms with E-state index in [1.54, 1.807) is 19.2 Å². The Balaban J connectivity index is 1.60. The number of likely N-dealkylation sites (tertiary alicyclic amines) is 1. The summed E-state index contributed by atoms with van der Waals surface area (Å²) in [4.78, 5) is 19.7. The van der Waals surface area contributed by atoms with Crippen LogP contribution in [0.3, 0.4) is 0 Å². The van der Waals surface area contributed by atoms with Crippen LogP contribution in [0.2, 0.25) is 0 Å². The number of amides is 1. The van der Waals surface area contributed by atoms with Gasteiger partial charge >= 0.3 is 0 Å². The van der Waals surface area contributed by atoms with Crippen molar-refractivity contribution in [3.8, 4) is 5.75 Å². The molecule has 0 radical (unpaired) electrons. The van der Waals surface area contributed by atoms with E-state index in [2.05, 4.69) is 37.2 Å². The minimum atomic E-state index is -0.184. The van der Waals surface area contributed by atoms with Gasteiger partial charge in [0.2, 0.25) is 0 Å². The Morgan fingerprint density at radius 1 is 1.18 bits per heavy atom. The lowest BCUT2D eigenvalue weighted by Gasteiger charge is -2.16. The van der Waals surface area contributed by atoms with Crippen LogP contribution in [0.1, 0.15) is 28.8 Å². The van der Waals surface area contributed by atoms with Crippen molar-refractivity contribution < 1.29 is 9.53 Å². The third kappa shape index (κ3) is 4.03. The highest BCUT2D eigenvalue weighted by molar-refractivity contribution is 9.10. The van der Waals surface area contributed by atoms with Crippen LogP contribution in [-0.4, -0.2) is 36.0 Å². The van der Waals surface area contributed by atoms with Gasteiger partial charge in [-0.2, -0.15) is 0 Å². The summed E-state index contributed by atoms with van der Waals surface area (Å²) in [5.74, 6) is 0.395. The number of pyridine rings is 1. The maximum absolute atomic E-state index is 12.6. The van der Waals surface area contributed by atoms with Crippen molar-refractivity contribution in [3.63, 3.8) is 0 Å². The highest BCUT2D eigenvalue weighted by atomic mass is 79.9. The fraction of sp³-hybridized carbons (Fsp3) is 0.273. The minimum absolute atomic E-state index is 0.184. The number of aromatic nitrogens is 1. The minimum Gasteiger partial charge on any atom is -0.492 e. The van der Waals surface area contributed by atoms with Gasteiger partial charge in [0.05, 0.1) is 12.8 Å². The summed E-state index contributed by atoms with van der Waals surface area (Å²) in [6.07, 6.45) is 4.45. The number of halogens is 1. The summed E-state index contributed by atoms with van der Waals surface area (Å²) in [7, 11) is 1.60. The van der Waals surface area contributed by atoms with Crippen LogP contribution in [0.5, 0.6) is 5.75 Å². The lowest BCUT2D eigenvalue weighted by molar-refractivity contribution is 0.102. The van der Waals surface area contributed by atoms with Crippen molar-refractivity contribution in [1.82, 2.24) is 9.88 Å². The zero-order chi connectivity index (χ0) is 19.5. The van der Waals surface area contributed by atoms with E-state index in [9.17, 15) is 4.79 Å². The molecule has 0 bridgehead atoms. The number of anilines is 1. The van der Waals surface area contributed by atoms with Crippen LogP contribution < -0.4 is 10.1 Å². The molecule has 1 aliphatic heterocycles. The molecular formula is C22H22BrN3O2. The van der Waals surface area contributed by atoms with Crippen molar-refractivity contribution in [2.24, 2.45) is 0 Å². The van der Waals surface area contributed by atoms with Gasteiger partial charge in [-0.25, -0.2) is 0 Å². The van der Waals surface area contributed by atoms with E-state index < -0.39 is 0 Å². The van der Waals surface area contributed by atoms with Gasteiger partial charge in [0.25, 0.3) is 5.91 Å². The topological polar surface area (TPSA) is 54.5 Å². The van der Waals surface area contributed by atoms with Gasteiger partial charge in [0.15, 0.2) is 5.75 Å². The first-order chi connectivity index (χ1) is 13.6. The number of carbonyl (C=O) groups is 1. The zero-order valence-corrected chi connectivity index (χ0v) is 17.3. The molecular weight excluding hydrogens is 418 g/mol. The summed E-state index contributed by atoms with van der Waals surface area (Å²) < 4.78 is 6.52. The standard InChI is InChI=1S/C22H22BrN3O2/c1-28-21-19(25-22(27)16-4-7-18(23)8-5-16)9-6-17-12-15(13-24-20(17)21)14-26-10-2-3-11-26/h4-9,12-13H,2-3,10-11,14H2,1H3,(H,25,27). The van der Waals surface area contributed by atoms with Gasteiger partial charge in [-0.3, -0.25) is 14.7 Å². The third-order valence-corrected chi connectivity index (χ3v) is 5.56. The molecule has 1 fully saturated rings. The SMILES string of the molecule is COc1c(NC(=O)c2ccc(Br)cc2)ccc2cc(CN3CCCC3)cnc12. The number of methoxy groups -OCH3 is 1. The normalized spacial score (nSPS) is 14.4. The van der Waals surface area contributed by atoms with Crippen LogP contribution in [0, 0.1) is 0 Å². The summed E-state index contributed by atoms with van der Waals surface area (Å²) in [6.45, 7) is 3.23. The number of fused-ring (bicyclic) bond motifs is 1. The van der Waals surface area contributed by atoms with E-state index in [1.165, 1.54) is 18.4 Å². The molecule has 144 valence electrons. The summed E-state index contributed by atoms with van der Waals surface area (Å²) in [5, 5.41) is 3.94. The van der Waals surface area contributed by atoms with E-state index >= 15 is 0 Å². The Kier molecular flexibility index (Phi) is 5.59. The molecule has 0 aliphatic carbocycles. The predicted molar refractivity (Wildman–Crippen MR) is 115 cm³/mol. The first-order valence-electron chi connectivity index (χ1n) is 9.39. The van der Waals surface area contributed by atoms with Crippen molar-refractivity contribution in [1.29, 1.82) is 0 Å². The van der Waals surface area contributed by atoms with E-state index in [1.807, 2.05) is 30.5 Å². The molecule has 0 atom stereocenters. The number of ether oxygens (including phenoxy) is 1. The highest BCUT2D eigenvalue weighted by Crippen LogP contribution is 2.33.